The highest BCUT2D eigenvalue weighted by Gasteiger charge is 2.03. The fourth-order valence-electron chi connectivity index (χ4n) is 1.32. The number of carboxylic acids is 1. The Bertz CT molecular complexity index is 450. The molecule has 0 fully saturated rings. The minimum Gasteiger partial charge on any atom is -0.478 e. The molecule has 4 heteroatoms. The van der Waals surface area contributed by atoms with E-state index in [0.717, 1.165) is 17.2 Å². The fourth-order valence-corrected chi connectivity index (χ4v) is 1.32. The molecule has 4 nitrogen and oxygen atoms in total. The highest BCUT2D eigenvalue weighted by molar-refractivity contribution is 5.91. The first-order valence-electron chi connectivity index (χ1n) is 4.79. The summed E-state index contributed by atoms with van der Waals surface area (Å²) in [6.45, 7) is 3.26. The Morgan fingerprint density at radius 2 is 2.06 bits per heavy atom. The topological polar surface area (TPSA) is 66.4 Å². The number of hydrogen-bond donors (Lipinski definition) is 2. The second-order valence-electron chi connectivity index (χ2n) is 3.37. The summed E-state index contributed by atoms with van der Waals surface area (Å²) in [4.78, 5) is 21.3. The van der Waals surface area contributed by atoms with Gasteiger partial charge in [0.1, 0.15) is 0 Å². The molecule has 0 aliphatic heterocycles. The zero-order chi connectivity index (χ0) is 12.1. The fraction of sp³-hybridized carbons (Fsp3) is 0.167. The number of carboxylic acid groups (broad SMARTS) is 1. The number of carbonyl (C=O) groups excluding carboxylic acids is 1. The maximum absolute atomic E-state index is 10.9. The van der Waals surface area contributed by atoms with Gasteiger partial charge in [0.25, 0.3) is 0 Å². The molecule has 0 atom stereocenters. The first kappa shape index (κ1) is 12.0. The Morgan fingerprint density at radius 1 is 1.38 bits per heavy atom. The summed E-state index contributed by atoms with van der Waals surface area (Å²) in [7, 11) is 0. The van der Waals surface area contributed by atoms with Crippen LogP contribution in [0.3, 0.4) is 0 Å². The van der Waals surface area contributed by atoms with Crippen LogP contribution < -0.4 is 5.32 Å². The summed E-state index contributed by atoms with van der Waals surface area (Å²) in [5.41, 5.74) is 2.31. The molecule has 2 N–H and O–H groups in total. The van der Waals surface area contributed by atoms with Crippen molar-refractivity contribution < 1.29 is 14.7 Å². The number of hydrogen-bond acceptors (Lipinski definition) is 2. The van der Waals surface area contributed by atoms with E-state index >= 15 is 0 Å². The lowest BCUT2D eigenvalue weighted by atomic mass is 10.1. The van der Waals surface area contributed by atoms with E-state index in [9.17, 15) is 9.59 Å². The molecule has 0 heterocycles. The van der Waals surface area contributed by atoms with Crippen molar-refractivity contribution in [2.45, 2.75) is 13.8 Å². The molecule has 16 heavy (non-hydrogen) atoms. The van der Waals surface area contributed by atoms with Crippen LogP contribution in [0.4, 0.5) is 5.69 Å². The molecule has 0 bridgehead atoms. The Hall–Kier alpha value is -2.10. The molecular weight excluding hydrogens is 206 g/mol. The standard InChI is InChI=1S/C12H13NO3/c1-8-10(6-7-12(15)16)4-3-5-11(8)13-9(2)14/h3-7H,1-2H3,(H,13,14)(H,15,16)/b7-6+. The summed E-state index contributed by atoms with van der Waals surface area (Å²) in [6, 6.07) is 5.33. The second kappa shape index (κ2) is 5.11. The van der Waals surface area contributed by atoms with E-state index < -0.39 is 5.97 Å². The third-order valence-electron chi connectivity index (χ3n) is 2.09. The smallest absolute Gasteiger partial charge is 0.328 e. The predicted molar refractivity (Wildman–Crippen MR) is 62.2 cm³/mol. The van der Waals surface area contributed by atoms with Crippen LogP contribution in [0.15, 0.2) is 24.3 Å². The van der Waals surface area contributed by atoms with E-state index in [1.165, 1.54) is 13.0 Å². The molecule has 0 saturated carbocycles. The molecule has 0 aromatic heterocycles. The van der Waals surface area contributed by atoms with Crippen LogP contribution in [-0.4, -0.2) is 17.0 Å². The van der Waals surface area contributed by atoms with Gasteiger partial charge in [-0.25, -0.2) is 4.79 Å². The molecule has 1 aromatic carbocycles. The van der Waals surface area contributed by atoms with Crippen molar-refractivity contribution in [1.82, 2.24) is 0 Å². The molecule has 1 amide bonds. The molecular formula is C12H13NO3. The van der Waals surface area contributed by atoms with Gasteiger partial charge in [-0.2, -0.15) is 0 Å². The Balaban J connectivity index is 3.03. The highest BCUT2D eigenvalue weighted by atomic mass is 16.4. The van der Waals surface area contributed by atoms with Crippen LogP contribution in [0.25, 0.3) is 6.08 Å². The first-order valence-corrected chi connectivity index (χ1v) is 4.79. The molecule has 1 rings (SSSR count). The molecule has 0 saturated heterocycles. The largest absolute Gasteiger partial charge is 0.478 e. The SMILES string of the molecule is CC(=O)Nc1cccc(/C=C/C(=O)O)c1C. The van der Waals surface area contributed by atoms with E-state index in [0.29, 0.717) is 5.69 Å². The zero-order valence-corrected chi connectivity index (χ0v) is 9.15. The van der Waals surface area contributed by atoms with Gasteiger partial charge in [-0.15, -0.1) is 0 Å². The van der Waals surface area contributed by atoms with E-state index in [4.69, 9.17) is 5.11 Å². The van der Waals surface area contributed by atoms with Crippen molar-refractivity contribution in [3.8, 4) is 0 Å². The van der Waals surface area contributed by atoms with Gasteiger partial charge in [0.2, 0.25) is 5.91 Å². The van der Waals surface area contributed by atoms with Crippen molar-refractivity contribution in [3.63, 3.8) is 0 Å². The minimum absolute atomic E-state index is 0.150. The van der Waals surface area contributed by atoms with Gasteiger partial charge in [0.15, 0.2) is 0 Å². The summed E-state index contributed by atoms with van der Waals surface area (Å²) >= 11 is 0. The number of amides is 1. The van der Waals surface area contributed by atoms with E-state index in [-0.39, 0.29) is 5.91 Å². The maximum atomic E-state index is 10.9. The number of carbonyl (C=O) groups is 2. The van der Waals surface area contributed by atoms with Gasteiger partial charge >= 0.3 is 5.97 Å². The van der Waals surface area contributed by atoms with Crippen LogP contribution in [0.5, 0.6) is 0 Å². The molecule has 1 aromatic rings. The summed E-state index contributed by atoms with van der Waals surface area (Å²) in [5.74, 6) is -1.15. The summed E-state index contributed by atoms with van der Waals surface area (Å²) in [5, 5.41) is 11.2. The Morgan fingerprint density at radius 3 is 2.62 bits per heavy atom. The number of nitrogens with one attached hydrogen (secondary N) is 1. The van der Waals surface area contributed by atoms with Crippen LogP contribution >= 0.6 is 0 Å². The van der Waals surface area contributed by atoms with Crippen LogP contribution in [0.1, 0.15) is 18.1 Å². The third-order valence-corrected chi connectivity index (χ3v) is 2.09. The minimum atomic E-state index is -0.996. The number of anilines is 1. The van der Waals surface area contributed by atoms with Crippen molar-refractivity contribution in [2.75, 3.05) is 5.32 Å². The van der Waals surface area contributed by atoms with Crippen molar-refractivity contribution >= 4 is 23.6 Å². The lowest BCUT2D eigenvalue weighted by Crippen LogP contribution is -2.07. The molecule has 0 aliphatic carbocycles. The van der Waals surface area contributed by atoms with Gasteiger partial charge in [0, 0.05) is 18.7 Å². The van der Waals surface area contributed by atoms with E-state index in [1.54, 1.807) is 18.2 Å². The molecule has 0 radical (unpaired) electrons. The highest BCUT2D eigenvalue weighted by Crippen LogP contribution is 2.19. The van der Waals surface area contributed by atoms with Gasteiger partial charge in [-0.3, -0.25) is 4.79 Å². The zero-order valence-electron chi connectivity index (χ0n) is 9.15. The molecule has 0 aliphatic rings. The summed E-state index contributed by atoms with van der Waals surface area (Å²) < 4.78 is 0. The monoisotopic (exact) mass is 219 g/mol. The second-order valence-corrected chi connectivity index (χ2v) is 3.37. The lowest BCUT2D eigenvalue weighted by molar-refractivity contribution is -0.131. The average molecular weight is 219 g/mol. The van der Waals surface area contributed by atoms with Gasteiger partial charge in [0.05, 0.1) is 0 Å². The first-order chi connectivity index (χ1) is 7.50. The van der Waals surface area contributed by atoms with Crippen LogP contribution in [0.2, 0.25) is 0 Å². The predicted octanol–water partition coefficient (Wildman–Crippen LogP) is 2.05. The van der Waals surface area contributed by atoms with Crippen LogP contribution in [0, 0.1) is 6.92 Å². The number of rotatable bonds is 3. The maximum Gasteiger partial charge on any atom is 0.328 e. The van der Waals surface area contributed by atoms with Crippen molar-refractivity contribution in [1.29, 1.82) is 0 Å². The van der Waals surface area contributed by atoms with Crippen molar-refractivity contribution in [3.05, 3.63) is 35.4 Å². The van der Waals surface area contributed by atoms with Gasteiger partial charge in [-0.05, 0) is 30.2 Å². The number of aliphatic carboxylic acids is 1. The summed E-state index contributed by atoms with van der Waals surface area (Å²) in [6.07, 6.45) is 2.57. The lowest BCUT2D eigenvalue weighted by Gasteiger charge is -2.08. The molecule has 0 unspecified atom stereocenters. The molecule has 84 valence electrons. The Kier molecular flexibility index (Phi) is 3.83. The van der Waals surface area contributed by atoms with E-state index in [2.05, 4.69) is 5.32 Å². The average Bonchev–Trinajstić information content (AvgIpc) is 2.18. The van der Waals surface area contributed by atoms with Gasteiger partial charge < -0.3 is 10.4 Å². The van der Waals surface area contributed by atoms with E-state index in [1.807, 2.05) is 6.92 Å². The number of benzene rings is 1. The van der Waals surface area contributed by atoms with Crippen molar-refractivity contribution in [2.24, 2.45) is 0 Å². The Labute approximate surface area is 93.6 Å². The van der Waals surface area contributed by atoms with Gasteiger partial charge in [-0.1, -0.05) is 12.1 Å². The third kappa shape index (κ3) is 3.24. The normalized spacial score (nSPS) is 10.4. The van der Waals surface area contributed by atoms with Crippen LogP contribution in [-0.2, 0) is 9.59 Å². The quantitative estimate of drug-likeness (QED) is 0.764. The molecule has 0 spiro atoms.